The standard InChI is InChI=1S/C28H29N3O3S/c1-21-22(2)31(20-23-9-5-3-6-10-23)27-14-13-24(19-26(21)27)28(32)29-15-17-30(18-16-29)35(33,34)25-11-7-4-8-12-25/h3-14,19H,15-18,20H2,1-2H3. The fourth-order valence-electron chi connectivity index (χ4n) is 4.81. The number of benzene rings is 3. The Kier molecular flexibility index (Phi) is 6.21. The lowest BCUT2D eigenvalue weighted by molar-refractivity contribution is 0.0698. The minimum absolute atomic E-state index is 0.0588. The number of aromatic nitrogens is 1. The molecule has 7 heteroatoms. The van der Waals surface area contributed by atoms with Gasteiger partial charge in [0, 0.05) is 54.9 Å². The first-order chi connectivity index (χ1) is 16.9. The average molecular weight is 488 g/mol. The van der Waals surface area contributed by atoms with Gasteiger partial charge in [-0.1, -0.05) is 48.5 Å². The van der Waals surface area contributed by atoms with Crippen molar-refractivity contribution >= 4 is 26.8 Å². The van der Waals surface area contributed by atoms with Gasteiger partial charge in [0.05, 0.1) is 4.90 Å². The molecule has 0 spiro atoms. The van der Waals surface area contributed by atoms with E-state index in [-0.39, 0.29) is 23.9 Å². The second-order valence-electron chi connectivity index (χ2n) is 9.02. The second kappa shape index (κ2) is 9.32. The van der Waals surface area contributed by atoms with E-state index in [1.807, 2.05) is 36.4 Å². The van der Waals surface area contributed by atoms with Crippen molar-refractivity contribution in [1.82, 2.24) is 13.8 Å². The first-order valence-corrected chi connectivity index (χ1v) is 13.3. The molecule has 0 bridgehead atoms. The van der Waals surface area contributed by atoms with Crippen molar-refractivity contribution in [2.45, 2.75) is 25.3 Å². The summed E-state index contributed by atoms with van der Waals surface area (Å²) in [6.45, 7) is 6.31. The number of sulfonamides is 1. The first kappa shape index (κ1) is 23.3. The van der Waals surface area contributed by atoms with Gasteiger partial charge in [-0.05, 0) is 55.3 Å². The zero-order valence-corrected chi connectivity index (χ0v) is 20.8. The van der Waals surface area contributed by atoms with Crippen molar-refractivity contribution in [2.75, 3.05) is 26.2 Å². The van der Waals surface area contributed by atoms with Crippen LogP contribution in [0.5, 0.6) is 0 Å². The number of rotatable bonds is 5. The minimum Gasteiger partial charge on any atom is -0.340 e. The highest BCUT2D eigenvalue weighted by molar-refractivity contribution is 7.89. The SMILES string of the molecule is Cc1c(C)n(Cc2ccccc2)c2ccc(C(=O)N3CCN(S(=O)(=O)c4ccccc4)CC3)cc12. The van der Waals surface area contributed by atoms with Crippen LogP contribution in [0.25, 0.3) is 10.9 Å². The maximum absolute atomic E-state index is 13.3. The molecule has 0 N–H and O–H groups in total. The Bertz CT molecular complexity index is 1470. The van der Waals surface area contributed by atoms with Crippen molar-refractivity contribution in [1.29, 1.82) is 0 Å². The van der Waals surface area contributed by atoms with Crippen molar-refractivity contribution in [3.05, 3.63) is 101 Å². The van der Waals surface area contributed by atoms with Crippen molar-refractivity contribution in [3.8, 4) is 0 Å². The summed E-state index contributed by atoms with van der Waals surface area (Å²) in [6, 6.07) is 24.7. The van der Waals surface area contributed by atoms with Gasteiger partial charge >= 0.3 is 0 Å². The molecule has 0 saturated carbocycles. The fourth-order valence-corrected chi connectivity index (χ4v) is 6.25. The molecule has 35 heavy (non-hydrogen) atoms. The summed E-state index contributed by atoms with van der Waals surface area (Å²) in [6.07, 6.45) is 0. The van der Waals surface area contributed by atoms with E-state index in [0.29, 0.717) is 18.7 Å². The summed E-state index contributed by atoms with van der Waals surface area (Å²) in [5.41, 5.74) is 5.34. The molecule has 180 valence electrons. The van der Waals surface area contributed by atoms with Gasteiger partial charge in [-0.3, -0.25) is 4.79 Å². The van der Waals surface area contributed by atoms with Crippen LogP contribution in [0.1, 0.15) is 27.2 Å². The number of carbonyl (C=O) groups excluding carboxylic acids is 1. The minimum atomic E-state index is -3.55. The Labute approximate surface area is 206 Å². The van der Waals surface area contributed by atoms with Crippen LogP contribution in [-0.2, 0) is 16.6 Å². The summed E-state index contributed by atoms with van der Waals surface area (Å²) < 4.78 is 29.6. The molecule has 0 atom stereocenters. The van der Waals surface area contributed by atoms with Gasteiger partial charge in [0.15, 0.2) is 0 Å². The molecule has 1 fully saturated rings. The summed E-state index contributed by atoms with van der Waals surface area (Å²) in [5, 5.41) is 1.08. The lowest BCUT2D eigenvalue weighted by Crippen LogP contribution is -2.50. The monoisotopic (exact) mass is 487 g/mol. The number of piperazine rings is 1. The topological polar surface area (TPSA) is 62.6 Å². The molecule has 0 unspecified atom stereocenters. The zero-order valence-electron chi connectivity index (χ0n) is 20.0. The maximum Gasteiger partial charge on any atom is 0.253 e. The van der Waals surface area contributed by atoms with E-state index >= 15 is 0 Å². The van der Waals surface area contributed by atoms with Gasteiger partial charge in [0.2, 0.25) is 10.0 Å². The Morgan fingerprint density at radius 2 is 1.46 bits per heavy atom. The van der Waals surface area contributed by atoms with E-state index in [1.165, 1.54) is 21.1 Å². The van der Waals surface area contributed by atoms with Gasteiger partial charge in [-0.2, -0.15) is 4.31 Å². The Balaban J connectivity index is 1.34. The predicted octanol–water partition coefficient (Wildman–Crippen LogP) is 4.45. The highest BCUT2D eigenvalue weighted by Gasteiger charge is 2.30. The molecule has 1 amide bonds. The molecule has 0 aliphatic carbocycles. The van der Waals surface area contributed by atoms with Crippen LogP contribution in [0.4, 0.5) is 0 Å². The van der Waals surface area contributed by atoms with E-state index in [1.54, 1.807) is 35.2 Å². The Hall–Kier alpha value is -3.42. The molecule has 6 nitrogen and oxygen atoms in total. The van der Waals surface area contributed by atoms with E-state index in [9.17, 15) is 13.2 Å². The van der Waals surface area contributed by atoms with Gasteiger partial charge in [-0.15, -0.1) is 0 Å². The van der Waals surface area contributed by atoms with Crippen LogP contribution in [0, 0.1) is 13.8 Å². The average Bonchev–Trinajstić information content (AvgIpc) is 3.13. The van der Waals surface area contributed by atoms with Gasteiger partial charge in [0.1, 0.15) is 0 Å². The van der Waals surface area contributed by atoms with E-state index in [0.717, 1.165) is 17.4 Å². The van der Waals surface area contributed by atoms with Crippen LogP contribution in [0.3, 0.4) is 0 Å². The lowest BCUT2D eigenvalue weighted by Gasteiger charge is -2.34. The molecule has 2 heterocycles. The number of hydrogen-bond donors (Lipinski definition) is 0. The summed E-state index contributed by atoms with van der Waals surface area (Å²) >= 11 is 0. The molecular weight excluding hydrogens is 458 g/mol. The number of amides is 1. The number of nitrogens with zero attached hydrogens (tertiary/aromatic N) is 3. The third-order valence-corrected chi connectivity index (χ3v) is 8.89. The molecule has 1 saturated heterocycles. The van der Waals surface area contributed by atoms with E-state index in [2.05, 4.69) is 30.5 Å². The van der Waals surface area contributed by atoms with Crippen molar-refractivity contribution in [3.63, 3.8) is 0 Å². The molecule has 3 aromatic carbocycles. The summed E-state index contributed by atoms with van der Waals surface area (Å²) in [5.74, 6) is -0.0588. The second-order valence-corrected chi connectivity index (χ2v) is 11.0. The van der Waals surface area contributed by atoms with Gasteiger partial charge in [0.25, 0.3) is 5.91 Å². The smallest absolute Gasteiger partial charge is 0.253 e. The van der Waals surface area contributed by atoms with E-state index < -0.39 is 10.0 Å². The Morgan fingerprint density at radius 3 is 2.11 bits per heavy atom. The molecular formula is C28H29N3O3S. The lowest BCUT2D eigenvalue weighted by atomic mass is 10.1. The van der Waals surface area contributed by atoms with Crippen LogP contribution < -0.4 is 0 Å². The third kappa shape index (κ3) is 4.37. The quantitative estimate of drug-likeness (QED) is 0.418. The summed E-state index contributed by atoms with van der Waals surface area (Å²) in [7, 11) is -3.55. The maximum atomic E-state index is 13.3. The number of aryl methyl sites for hydroxylation is 1. The van der Waals surface area contributed by atoms with E-state index in [4.69, 9.17) is 0 Å². The fraction of sp³-hybridized carbons (Fsp3) is 0.250. The van der Waals surface area contributed by atoms with Gasteiger partial charge < -0.3 is 9.47 Å². The molecule has 1 aliphatic heterocycles. The molecule has 4 aromatic rings. The van der Waals surface area contributed by atoms with Crippen LogP contribution in [-0.4, -0.2) is 54.3 Å². The molecule has 0 radical (unpaired) electrons. The summed E-state index contributed by atoms with van der Waals surface area (Å²) in [4.78, 5) is 15.4. The van der Waals surface area contributed by atoms with Crippen LogP contribution in [0.2, 0.25) is 0 Å². The highest BCUT2D eigenvalue weighted by Crippen LogP contribution is 2.28. The van der Waals surface area contributed by atoms with Gasteiger partial charge in [-0.25, -0.2) is 8.42 Å². The number of carbonyl (C=O) groups is 1. The third-order valence-electron chi connectivity index (χ3n) is 6.98. The molecule has 1 aromatic heterocycles. The van der Waals surface area contributed by atoms with Crippen molar-refractivity contribution < 1.29 is 13.2 Å². The number of fused-ring (bicyclic) bond motifs is 1. The molecule has 5 rings (SSSR count). The van der Waals surface area contributed by atoms with Crippen LogP contribution in [0.15, 0.2) is 83.8 Å². The normalized spacial score (nSPS) is 15.0. The first-order valence-electron chi connectivity index (χ1n) is 11.8. The largest absolute Gasteiger partial charge is 0.340 e. The Morgan fingerprint density at radius 1 is 0.829 bits per heavy atom. The molecule has 1 aliphatic rings. The predicted molar refractivity (Wildman–Crippen MR) is 138 cm³/mol. The zero-order chi connectivity index (χ0) is 24.6. The highest BCUT2D eigenvalue weighted by atomic mass is 32.2. The van der Waals surface area contributed by atoms with Crippen LogP contribution >= 0.6 is 0 Å². The van der Waals surface area contributed by atoms with Crippen molar-refractivity contribution in [2.24, 2.45) is 0 Å². The number of hydrogen-bond acceptors (Lipinski definition) is 3.